The number of hydrogen-bond acceptors (Lipinski definition) is 4. The first-order valence-corrected chi connectivity index (χ1v) is 7.97. The van der Waals surface area contributed by atoms with Crippen LogP contribution in [0.1, 0.15) is 27.3 Å². The van der Waals surface area contributed by atoms with E-state index in [9.17, 15) is 4.79 Å². The second-order valence-corrected chi connectivity index (χ2v) is 6.06. The Morgan fingerprint density at radius 3 is 2.72 bits per heavy atom. The standard InChI is InChI=1S/C18H21N5O2/c1-12-5-6-17(13(2)7-12)25-11-23-10-15(9-19-23)20-18(24)16-8-14(3)22(4)21-16/h5-10H,11H2,1-4H3,(H,20,24). The number of rotatable bonds is 5. The minimum absolute atomic E-state index is 0.265. The number of benzene rings is 1. The highest BCUT2D eigenvalue weighted by Crippen LogP contribution is 2.19. The molecule has 2 heterocycles. The molecule has 0 fully saturated rings. The van der Waals surface area contributed by atoms with E-state index >= 15 is 0 Å². The molecule has 0 bridgehead atoms. The highest BCUT2D eigenvalue weighted by molar-refractivity contribution is 6.02. The van der Waals surface area contributed by atoms with Gasteiger partial charge in [0.25, 0.3) is 5.91 Å². The van der Waals surface area contributed by atoms with Gasteiger partial charge in [0.05, 0.1) is 18.1 Å². The highest BCUT2D eigenvalue weighted by Gasteiger charge is 2.12. The molecule has 0 saturated heterocycles. The van der Waals surface area contributed by atoms with Crippen LogP contribution in [0.2, 0.25) is 0 Å². The Morgan fingerprint density at radius 1 is 1.24 bits per heavy atom. The summed E-state index contributed by atoms with van der Waals surface area (Å²) in [6.45, 7) is 6.21. The number of aryl methyl sites for hydroxylation is 4. The van der Waals surface area contributed by atoms with Crippen molar-refractivity contribution in [2.75, 3.05) is 5.32 Å². The van der Waals surface area contributed by atoms with E-state index in [1.165, 1.54) is 5.56 Å². The van der Waals surface area contributed by atoms with Gasteiger partial charge in [-0.3, -0.25) is 9.48 Å². The molecule has 0 unspecified atom stereocenters. The number of carbonyl (C=O) groups excluding carboxylic acids is 1. The SMILES string of the molecule is Cc1ccc(OCn2cc(NC(=O)c3cc(C)n(C)n3)cn2)c(C)c1. The number of nitrogens with one attached hydrogen (secondary N) is 1. The van der Waals surface area contributed by atoms with Crippen LogP contribution in [0.3, 0.4) is 0 Å². The maximum atomic E-state index is 12.2. The predicted molar refractivity (Wildman–Crippen MR) is 94.7 cm³/mol. The molecule has 0 saturated carbocycles. The molecule has 1 N–H and O–H groups in total. The van der Waals surface area contributed by atoms with Crippen LogP contribution in [0.15, 0.2) is 36.7 Å². The maximum Gasteiger partial charge on any atom is 0.276 e. The van der Waals surface area contributed by atoms with Crippen molar-refractivity contribution < 1.29 is 9.53 Å². The van der Waals surface area contributed by atoms with Gasteiger partial charge in [-0.05, 0) is 38.5 Å². The average molecular weight is 339 g/mol. The molecular formula is C18H21N5O2. The third kappa shape index (κ3) is 3.88. The van der Waals surface area contributed by atoms with Crippen LogP contribution in [0, 0.1) is 20.8 Å². The van der Waals surface area contributed by atoms with Crippen LogP contribution in [0.4, 0.5) is 5.69 Å². The van der Waals surface area contributed by atoms with E-state index in [1.807, 2.05) is 32.9 Å². The van der Waals surface area contributed by atoms with E-state index in [-0.39, 0.29) is 12.6 Å². The Morgan fingerprint density at radius 2 is 2.04 bits per heavy atom. The van der Waals surface area contributed by atoms with Crippen LogP contribution in [0.25, 0.3) is 0 Å². The molecule has 130 valence electrons. The van der Waals surface area contributed by atoms with Crippen LogP contribution < -0.4 is 10.1 Å². The van der Waals surface area contributed by atoms with Crippen LogP contribution in [-0.4, -0.2) is 25.5 Å². The van der Waals surface area contributed by atoms with Crippen molar-refractivity contribution in [2.24, 2.45) is 7.05 Å². The molecule has 1 amide bonds. The molecule has 0 spiro atoms. The van der Waals surface area contributed by atoms with E-state index in [4.69, 9.17) is 4.74 Å². The number of carbonyl (C=O) groups is 1. The van der Waals surface area contributed by atoms with Crippen molar-refractivity contribution in [1.29, 1.82) is 0 Å². The lowest BCUT2D eigenvalue weighted by atomic mass is 10.1. The third-order valence-electron chi connectivity index (χ3n) is 3.92. The number of anilines is 1. The fraction of sp³-hybridized carbons (Fsp3) is 0.278. The van der Waals surface area contributed by atoms with Crippen LogP contribution >= 0.6 is 0 Å². The molecule has 7 heteroatoms. The van der Waals surface area contributed by atoms with Gasteiger partial charge in [-0.2, -0.15) is 10.2 Å². The maximum absolute atomic E-state index is 12.2. The average Bonchev–Trinajstić information content (AvgIpc) is 3.13. The molecule has 0 aliphatic heterocycles. The fourth-order valence-electron chi connectivity index (χ4n) is 2.46. The van der Waals surface area contributed by atoms with Crippen LogP contribution in [0.5, 0.6) is 5.75 Å². The van der Waals surface area contributed by atoms with Gasteiger partial charge in [-0.1, -0.05) is 17.7 Å². The Labute approximate surface area is 146 Å². The van der Waals surface area contributed by atoms with Crippen molar-refractivity contribution in [3.05, 3.63) is 59.2 Å². The lowest BCUT2D eigenvalue weighted by Gasteiger charge is -2.09. The first kappa shape index (κ1) is 16.8. The summed E-state index contributed by atoms with van der Waals surface area (Å²) < 4.78 is 9.06. The number of amides is 1. The van der Waals surface area contributed by atoms with Gasteiger partial charge in [0.15, 0.2) is 12.4 Å². The summed E-state index contributed by atoms with van der Waals surface area (Å²) in [5, 5.41) is 11.1. The molecule has 0 radical (unpaired) electrons. The minimum Gasteiger partial charge on any atom is -0.471 e. The number of nitrogens with zero attached hydrogens (tertiary/aromatic N) is 4. The molecule has 0 atom stereocenters. The molecule has 0 aliphatic rings. The van der Waals surface area contributed by atoms with Crippen molar-refractivity contribution >= 4 is 11.6 Å². The van der Waals surface area contributed by atoms with E-state index in [0.29, 0.717) is 11.4 Å². The van der Waals surface area contributed by atoms with Crippen LogP contribution in [-0.2, 0) is 13.8 Å². The number of hydrogen-bond donors (Lipinski definition) is 1. The van der Waals surface area contributed by atoms with Crippen molar-refractivity contribution in [1.82, 2.24) is 19.6 Å². The number of aromatic nitrogens is 4. The lowest BCUT2D eigenvalue weighted by molar-refractivity contribution is 0.102. The van der Waals surface area contributed by atoms with Crippen molar-refractivity contribution in [3.63, 3.8) is 0 Å². The third-order valence-corrected chi connectivity index (χ3v) is 3.92. The number of ether oxygens (including phenoxy) is 1. The Balaban J connectivity index is 1.61. The summed E-state index contributed by atoms with van der Waals surface area (Å²) in [7, 11) is 1.80. The summed E-state index contributed by atoms with van der Waals surface area (Å²) in [6, 6.07) is 7.76. The second-order valence-electron chi connectivity index (χ2n) is 6.06. The van der Waals surface area contributed by atoms with Gasteiger partial charge in [0.1, 0.15) is 5.75 Å². The summed E-state index contributed by atoms with van der Waals surface area (Å²) in [4.78, 5) is 12.2. The predicted octanol–water partition coefficient (Wildman–Crippen LogP) is 2.83. The van der Waals surface area contributed by atoms with E-state index in [1.54, 1.807) is 34.9 Å². The van der Waals surface area contributed by atoms with E-state index in [0.717, 1.165) is 17.0 Å². The Hall–Kier alpha value is -3.09. The molecule has 7 nitrogen and oxygen atoms in total. The van der Waals surface area contributed by atoms with Gasteiger partial charge in [-0.25, -0.2) is 4.68 Å². The molecule has 1 aromatic carbocycles. The summed E-state index contributed by atoms with van der Waals surface area (Å²) in [5.41, 5.74) is 4.16. The molecule has 0 aliphatic carbocycles. The molecule has 3 aromatic rings. The summed E-state index contributed by atoms with van der Waals surface area (Å²) in [6.07, 6.45) is 3.30. The van der Waals surface area contributed by atoms with Gasteiger partial charge in [0, 0.05) is 12.7 Å². The lowest BCUT2D eigenvalue weighted by Crippen LogP contribution is -2.12. The van der Waals surface area contributed by atoms with E-state index < -0.39 is 0 Å². The zero-order chi connectivity index (χ0) is 18.0. The summed E-state index contributed by atoms with van der Waals surface area (Å²) in [5.74, 6) is 0.550. The normalized spacial score (nSPS) is 10.7. The van der Waals surface area contributed by atoms with Gasteiger partial charge >= 0.3 is 0 Å². The minimum atomic E-state index is -0.265. The van der Waals surface area contributed by atoms with Gasteiger partial charge in [-0.15, -0.1) is 0 Å². The quantitative estimate of drug-likeness (QED) is 0.776. The zero-order valence-corrected chi connectivity index (χ0v) is 14.8. The van der Waals surface area contributed by atoms with Crippen molar-refractivity contribution in [2.45, 2.75) is 27.5 Å². The van der Waals surface area contributed by atoms with Crippen molar-refractivity contribution in [3.8, 4) is 5.75 Å². The Bertz CT molecular complexity index is 891. The zero-order valence-electron chi connectivity index (χ0n) is 14.8. The fourth-order valence-corrected chi connectivity index (χ4v) is 2.46. The smallest absolute Gasteiger partial charge is 0.276 e. The van der Waals surface area contributed by atoms with Gasteiger partial charge in [0.2, 0.25) is 0 Å². The molecule has 25 heavy (non-hydrogen) atoms. The topological polar surface area (TPSA) is 74.0 Å². The van der Waals surface area contributed by atoms with Gasteiger partial charge < -0.3 is 10.1 Å². The highest BCUT2D eigenvalue weighted by atomic mass is 16.5. The molecule has 3 rings (SSSR count). The second kappa shape index (κ2) is 6.80. The largest absolute Gasteiger partial charge is 0.471 e. The first-order chi connectivity index (χ1) is 11.9. The monoisotopic (exact) mass is 339 g/mol. The van der Waals surface area contributed by atoms with E-state index in [2.05, 4.69) is 21.6 Å². The molecular weight excluding hydrogens is 318 g/mol. The molecule has 2 aromatic heterocycles. The summed E-state index contributed by atoms with van der Waals surface area (Å²) >= 11 is 0. The Kier molecular flexibility index (Phi) is 4.56. The first-order valence-electron chi connectivity index (χ1n) is 7.97.